The first-order chi connectivity index (χ1) is 14.8. The van der Waals surface area contributed by atoms with Crippen LogP contribution in [-0.2, 0) is 20.7 Å². The molecule has 0 saturated heterocycles. The number of nitrogens with zero attached hydrogens (tertiary/aromatic N) is 2. The summed E-state index contributed by atoms with van der Waals surface area (Å²) in [5.74, 6) is 0.292. The number of ether oxygens (including phenoxy) is 2. The van der Waals surface area contributed by atoms with Gasteiger partial charge < -0.3 is 19.4 Å². The minimum absolute atomic E-state index is 0.212. The largest absolute Gasteiger partial charge is 0.460 e. The Kier molecular flexibility index (Phi) is 9.17. The molecule has 0 aromatic carbocycles. The Hall–Kier alpha value is -2.05. The van der Waals surface area contributed by atoms with E-state index in [1.807, 2.05) is 47.9 Å². The highest BCUT2D eigenvalue weighted by Crippen LogP contribution is 2.32. The third-order valence-corrected chi connectivity index (χ3v) is 5.66. The zero-order chi connectivity index (χ0) is 23.9. The van der Waals surface area contributed by atoms with Crippen LogP contribution < -0.4 is 5.32 Å². The fourth-order valence-electron chi connectivity index (χ4n) is 4.02. The lowest BCUT2D eigenvalue weighted by Crippen LogP contribution is -2.34. The molecule has 0 radical (unpaired) electrons. The summed E-state index contributed by atoms with van der Waals surface area (Å²) in [7, 11) is 0. The van der Waals surface area contributed by atoms with Crippen molar-refractivity contribution in [1.82, 2.24) is 14.9 Å². The van der Waals surface area contributed by atoms with Gasteiger partial charge in [-0.1, -0.05) is 6.92 Å². The number of hydrogen-bond acceptors (Lipinski definition) is 5. The molecule has 0 bridgehead atoms. The maximum absolute atomic E-state index is 12.9. The maximum Gasteiger partial charge on any atom is 0.407 e. The lowest BCUT2D eigenvalue weighted by Gasteiger charge is -2.27. The molecule has 7 heteroatoms. The molecular formula is C25H43N3O4. The van der Waals surface area contributed by atoms with Crippen molar-refractivity contribution in [3.8, 4) is 0 Å². The Morgan fingerprint density at radius 2 is 1.72 bits per heavy atom. The third kappa shape index (κ3) is 9.61. The molecule has 0 spiro atoms. The summed E-state index contributed by atoms with van der Waals surface area (Å²) < 4.78 is 13.2. The molecular weight excluding hydrogens is 406 g/mol. The number of esters is 1. The van der Waals surface area contributed by atoms with E-state index in [2.05, 4.69) is 28.0 Å². The molecule has 7 nitrogen and oxygen atoms in total. The van der Waals surface area contributed by atoms with E-state index in [-0.39, 0.29) is 11.9 Å². The Balaban J connectivity index is 1.93. The van der Waals surface area contributed by atoms with Gasteiger partial charge >= 0.3 is 12.1 Å². The standard InChI is InChI=1S/C25H43N3O4/c1-18-10-12-21(13-11-18)28-16-20(27-17-28)15-19(22(29)31-24(2,3)4)9-8-14-26-23(30)32-25(5,6)7/h16-19,21H,8-15H2,1-7H3,(H,26,30)/t18-,19?,21-. The van der Waals surface area contributed by atoms with Gasteiger partial charge in [-0.15, -0.1) is 0 Å². The summed E-state index contributed by atoms with van der Waals surface area (Å²) in [6, 6.07) is 0.505. The van der Waals surface area contributed by atoms with Gasteiger partial charge in [0.15, 0.2) is 0 Å². The van der Waals surface area contributed by atoms with Gasteiger partial charge in [0.25, 0.3) is 0 Å². The molecule has 1 fully saturated rings. The molecule has 1 aromatic heterocycles. The number of carbonyl (C=O) groups is 2. The predicted octanol–water partition coefficient (Wildman–Crippen LogP) is 5.44. The van der Waals surface area contributed by atoms with Crippen molar-refractivity contribution in [1.29, 1.82) is 0 Å². The lowest BCUT2D eigenvalue weighted by molar-refractivity contribution is -0.160. The molecule has 1 unspecified atom stereocenters. The second-order valence-electron chi connectivity index (χ2n) is 11.2. The summed E-state index contributed by atoms with van der Waals surface area (Å²) in [6.45, 7) is 13.9. The van der Waals surface area contributed by atoms with E-state index in [1.54, 1.807) is 0 Å². The molecule has 1 aliphatic rings. The molecule has 0 aliphatic heterocycles. The molecule has 32 heavy (non-hydrogen) atoms. The van der Waals surface area contributed by atoms with Crippen LogP contribution in [0.15, 0.2) is 12.5 Å². The number of imidazole rings is 1. The number of amides is 1. The normalized spacial score (nSPS) is 20.5. The Bertz CT molecular complexity index is 737. The maximum atomic E-state index is 12.9. The van der Waals surface area contributed by atoms with Gasteiger partial charge in [-0.05, 0) is 86.0 Å². The fourth-order valence-corrected chi connectivity index (χ4v) is 4.02. The second-order valence-corrected chi connectivity index (χ2v) is 11.2. The molecule has 1 amide bonds. The third-order valence-electron chi connectivity index (χ3n) is 5.66. The van der Waals surface area contributed by atoms with Gasteiger partial charge in [-0.3, -0.25) is 4.79 Å². The molecule has 1 heterocycles. The Labute approximate surface area is 193 Å². The zero-order valence-corrected chi connectivity index (χ0v) is 21.1. The number of aromatic nitrogens is 2. The average Bonchev–Trinajstić information content (AvgIpc) is 3.10. The summed E-state index contributed by atoms with van der Waals surface area (Å²) in [6.07, 6.45) is 10.2. The van der Waals surface area contributed by atoms with Crippen molar-refractivity contribution in [2.45, 2.75) is 111 Å². The van der Waals surface area contributed by atoms with E-state index in [0.29, 0.717) is 31.8 Å². The van der Waals surface area contributed by atoms with Gasteiger partial charge in [-0.25, -0.2) is 9.78 Å². The van der Waals surface area contributed by atoms with Crippen molar-refractivity contribution in [3.63, 3.8) is 0 Å². The van der Waals surface area contributed by atoms with Crippen molar-refractivity contribution in [2.75, 3.05) is 6.54 Å². The second kappa shape index (κ2) is 11.2. The highest BCUT2D eigenvalue weighted by Gasteiger charge is 2.27. The Morgan fingerprint density at radius 1 is 1.09 bits per heavy atom. The molecule has 1 saturated carbocycles. The van der Waals surface area contributed by atoms with Crippen LogP contribution in [-0.4, -0.2) is 39.4 Å². The van der Waals surface area contributed by atoms with Crippen LogP contribution in [0.1, 0.15) is 98.7 Å². The van der Waals surface area contributed by atoms with E-state index < -0.39 is 17.3 Å². The van der Waals surface area contributed by atoms with Crippen LogP contribution in [0.2, 0.25) is 0 Å². The minimum Gasteiger partial charge on any atom is -0.460 e. The van der Waals surface area contributed by atoms with E-state index in [9.17, 15) is 9.59 Å². The van der Waals surface area contributed by atoms with Crippen LogP contribution in [0.4, 0.5) is 4.79 Å². The van der Waals surface area contributed by atoms with E-state index >= 15 is 0 Å². The monoisotopic (exact) mass is 449 g/mol. The van der Waals surface area contributed by atoms with Crippen molar-refractivity contribution >= 4 is 12.1 Å². The first-order valence-corrected chi connectivity index (χ1v) is 12.0. The van der Waals surface area contributed by atoms with Gasteiger partial charge in [0.2, 0.25) is 0 Å². The highest BCUT2D eigenvalue weighted by molar-refractivity contribution is 5.73. The molecule has 2 rings (SSSR count). The topological polar surface area (TPSA) is 82.5 Å². The first kappa shape index (κ1) is 26.2. The van der Waals surface area contributed by atoms with Crippen molar-refractivity contribution in [2.24, 2.45) is 11.8 Å². The van der Waals surface area contributed by atoms with Crippen LogP contribution in [0.3, 0.4) is 0 Å². The number of nitrogens with one attached hydrogen (secondary N) is 1. The number of alkyl carbamates (subject to hydrolysis) is 1. The van der Waals surface area contributed by atoms with Crippen molar-refractivity contribution < 1.29 is 19.1 Å². The van der Waals surface area contributed by atoms with Crippen molar-refractivity contribution in [3.05, 3.63) is 18.2 Å². The molecule has 1 atom stereocenters. The number of carbonyl (C=O) groups excluding carboxylic acids is 2. The van der Waals surface area contributed by atoms with E-state index in [4.69, 9.17) is 9.47 Å². The lowest BCUT2D eigenvalue weighted by atomic mass is 9.87. The number of hydrogen-bond donors (Lipinski definition) is 1. The average molecular weight is 450 g/mol. The van der Waals surface area contributed by atoms with Crippen LogP contribution in [0.25, 0.3) is 0 Å². The molecule has 1 N–H and O–H groups in total. The summed E-state index contributed by atoms with van der Waals surface area (Å²) in [5, 5.41) is 2.76. The van der Waals surface area contributed by atoms with Crippen LogP contribution >= 0.6 is 0 Å². The zero-order valence-electron chi connectivity index (χ0n) is 21.1. The SMILES string of the molecule is CC(C)(C)OC(=O)NCCCC(Cc1cn([C@H]2CC[C@H](C)CC2)cn1)C(=O)OC(C)(C)C. The quantitative estimate of drug-likeness (QED) is 0.422. The van der Waals surface area contributed by atoms with Crippen LogP contribution in [0, 0.1) is 11.8 Å². The van der Waals surface area contributed by atoms with E-state index in [1.165, 1.54) is 25.7 Å². The Morgan fingerprint density at radius 3 is 2.31 bits per heavy atom. The van der Waals surface area contributed by atoms with Gasteiger partial charge in [0.05, 0.1) is 17.9 Å². The molecule has 182 valence electrons. The van der Waals surface area contributed by atoms with Gasteiger partial charge in [0.1, 0.15) is 11.2 Å². The van der Waals surface area contributed by atoms with Gasteiger partial charge in [-0.2, -0.15) is 0 Å². The van der Waals surface area contributed by atoms with Gasteiger partial charge in [0, 0.05) is 25.2 Å². The number of rotatable bonds is 8. The minimum atomic E-state index is -0.539. The summed E-state index contributed by atoms with van der Waals surface area (Å²) in [5.41, 5.74) is -0.153. The smallest absolute Gasteiger partial charge is 0.407 e. The summed E-state index contributed by atoms with van der Waals surface area (Å²) >= 11 is 0. The highest BCUT2D eigenvalue weighted by atomic mass is 16.6. The predicted molar refractivity (Wildman–Crippen MR) is 125 cm³/mol. The molecule has 1 aliphatic carbocycles. The fraction of sp³-hybridized carbons (Fsp3) is 0.800. The molecule has 1 aromatic rings. The first-order valence-electron chi connectivity index (χ1n) is 12.0. The van der Waals surface area contributed by atoms with E-state index in [0.717, 1.165) is 11.6 Å². The van der Waals surface area contributed by atoms with Crippen LogP contribution in [0.5, 0.6) is 0 Å². The summed E-state index contributed by atoms with van der Waals surface area (Å²) in [4.78, 5) is 29.3.